The van der Waals surface area contributed by atoms with Gasteiger partial charge in [-0.25, -0.2) is 14.4 Å². The largest absolute Gasteiger partial charge is 0.388 e. The molecule has 0 bridgehead atoms. The van der Waals surface area contributed by atoms with Crippen molar-refractivity contribution in [1.29, 1.82) is 0 Å². The molecule has 9 nitrogen and oxygen atoms in total. The maximum atomic E-state index is 13.6. The number of benzene rings is 1. The number of anilines is 1. The molecule has 2 aromatic heterocycles. The van der Waals surface area contributed by atoms with Gasteiger partial charge in [0.2, 0.25) is 0 Å². The normalized spacial score (nSPS) is 18.5. The molecular formula is C28H31FN6O3. The molecule has 0 saturated carbocycles. The van der Waals surface area contributed by atoms with Crippen LogP contribution in [-0.4, -0.2) is 62.5 Å². The van der Waals surface area contributed by atoms with Crippen molar-refractivity contribution in [3.63, 3.8) is 0 Å². The molecular weight excluding hydrogens is 487 g/mol. The van der Waals surface area contributed by atoms with E-state index in [1.807, 2.05) is 19.1 Å². The topological polar surface area (TPSA) is 103 Å². The summed E-state index contributed by atoms with van der Waals surface area (Å²) in [4.78, 5) is 23.8. The van der Waals surface area contributed by atoms with Gasteiger partial charge >= 0.3 is 0 Å². The van der Waals surface area contributed by atoms with Crippen LogP contribution in [0, 0.1) is 5.82 Å². The molecule has 1 aromatic carbocycles. The highest BCUT2D eigenvalue weighted by atomic mass is 19.1. The van der Waals surface area contributed by atoms with Crippen LogP contribution in [0.15, 0.2) is 66.2 Å². The molecule has 1 amide bonds. The lowest BCUT2D eigenvalue weighted by atomic mass is 9.99. The van der Waals surface area contributed by atoms with Gasteiger partial charge in [-0.2, -0.15) is 0 Å². The van der Waals surface area contributed by atoms with Crippen molar-refractivity contribution in [3.8, 4) is 11.3 Å². The average molecular weight is 519 g/mol. The van der Waals surface area contributed by atoms with Gasteiger partial charge in [0.15, 0.2) is 0 Å². The van der Waals surface area contributed by atoms with Crippen LogP contribution in [0.2, 0.25) is 0 Å². The Morgan fingerprint density at radius 1 is 1.39 bits per heavy atom. The average Bonchev–Trinajstić information content (AvgIpc) is 3.48. The highest BCUT2D eigenvalue weighted by molar-refractivity contribution is 6.08. The maximum absolute atomic E-state index is 13.6. The molecule has 10 heteroatoms. The number of morpholine rings is 1. The molecule has 4 heterocycles. The van der Waals surface area contributed by atoms with E-state index in [9.17, 15) is 14.3 Å². The van der Waals surface area contributed by atoms with Crippen LogP contribution in [0.5, 0.6) is 0 Å². The van der Waals surface area contributed by atoms with E-state index in [-0.39, 0.29) is 17.8 Å². The van der Waals surface area contributed by atoms with Gasteiger partial charge in [-0.05, 0) is 44.5 Å². The number of ether oxygens (including phenoxy) is 1. The summed E-state index contributed by atoms with van der Waals surface area (Å²) < 4.78 is 21.2. The van der Waals surface area contributed by atoms with Crippen molar-refractivity contribution >= 4 is 23.1 Å². The number of carbonyl (C=O) groups excluding carboxylic acids is 1. The predicted octanol–water partition coefficient (Wildman–Crippen LogP) is 3.71. The Morgan fingerprint density at radius 3 is 2.97 bits per heavy atom. The van der Waals surface area contributed by atoms with Crippen LogP contribution in [0.25, 0.3) is 16.9 Å². The van der Waals surface area contributed by atoms with Crippen LogP contribution in [0.1, 0.15) is 36.7 Å². The minimum Gasteiger partial charge on any atom is -0.388 e. The second-order valence-electron chi connectivity index (χ2n) is 9.97. The third-order valence-corrected chi connectivity index (χ3v) is 6.85. The summed E-state index contributed by atoms with van der Waals surface area (Å²) in [6, 6.07) is 6.52. The number of hydrogen-bond acceptors (Lipinski definition) is 6. The Hall–Kier alpha value is -4.02. The number of pyridine rings is 1. The van der Waals surface area contributed by atoms with Gasteiger partial charge < -0.3 is 25.4 Å². The third-order valence-electron chi connectivity index (χ3n) is 6.85. The smallest absolute Gasteiger partial charge is 0.254 e. The van der Waals surface area contributed by atoms with Gasteiger partial charge in [0.25, 0.3) is 5.91 Å². The number of amides is 1. The van der Waals surface area contributed by atoms with Crippen LogP contribution in [0.3, 0.4) is 0 Å². The SMILES string of the molecule is C=C/C(=C\N=C(/C)Nc1ccc(-c2cnc3cc(F)ccn23)c2c1C(=O)NC2)N1CCO[C@@H](C(C)(C)O)C1. The summed E-state index contributed by atoms with van der Waals surface area (Å²) in [6.07, 6.45) is 6.44. The van der Waals surface area contributed by atoms with Crippen LogP contribution in [-0.2, 0) is 11.3 Å². The fourth-order valence-electron chi connectivity index (χ4n) is 4.81. The highest BCUT2D eigenvalue weighted by Crippen LogP contribution is 2.34. The Labute approximate surface area is 220 Å². The lowest BCUT2D eigenvalue weighted by Crippen LogP contribution is -2.51. The molecule has 1 atom stereocenters. The minimum atomic E-state index is -0.960. The number of imidazole rings is 1. The standard InChI is InChI=1S/C28H31FN6O3/c1-5-19(34-10-11-38-24(16-34)28(3,4)37)13-30-17(2)33-22-7-6-20(21-14-32-27(36)26(21)22)23-15-31-25-12-18(29)8-9-35(23)25/h5-9,12-13,15,24,37H,1,10-11,14,16H2,2-4H3,(H,30,33)(H,32,36)/b19-13+/t24-/m1/s1. The number of aliphatic hydroxyl groups is 1. The van der Waals surface area contributed by atoms with Gasteiger partial charge in [-0.1, -0.05) is 12.6 Å². The summed E-state index contributed by atoms with van der Waals surface area (Å²) >= 11 is 0. The first-order chi connectivity index (χ1) is 18.2. The number of hydrogen-bond donors (Lipinski definition) is 3. The Kier molecular flexibility index (Phi) is 6.77. The quantitative estimate of drug-likeness (QED) is 0.261. The van der Waals surface area contributed by atoms with Crippen molar-refractivity contribution in [1.82, 2.24) is 19.6 Å². The Bertz CT molecular complexity index is 1470. The third kappa shape index (κ3) is 4.92. The molecule has 1 saturated heterocycles. The van der Waals surface area contributed by atoms with Crippen molar-refractivity contribution in [2.24, 2.45) is 4.99 Å². The number of allylic oxidation sites excluding steroid dienone is 1. The zero-order valence-electron chi connectivity index (χ0n) is 21.7. The summed E-state index contributed by atoms with van der Waals surface area (Å²) in [5, 5.41) is 16.5. The van der Waals surface area contributed by atoms with Crippen molar-refractivity contribution in [2.75, 3.05) is 25.0 Å². The number of amidine groups is 1. The zero-order valence-corrected chi connectivity index (χ0v) is 21.7. The summed E-state index contributed by atoms with van der Waals surface area (Å²) in [7, 11) is 0. The van der Waals surface area contributed by atoms with Crippen molar-refractivity contribution in [2.45, 2.75) is 39.0 Å². The highest BCUT2D eigenvalue weighted by Gasteiger charge is 2.33. The van der Waals surface area contributed by atoms with Crippen LogP contribution in [0.4, 0.5) is 10.1 Å². The van der Waals surface area contributed by atoms with Crippen molar-refractivity contribution < 1.29 is 19.0 Å². The first kappa shape index (κ1) is 25.6. The first-order valence-electron chi connectivity index (χ1n) is 12.5. The summed E-state index contributed by atoms with van der Waals surface area (Å²) in [5.74, 6) is 0.0623. The van der Waals surface area contributed by atoms with E-state index < -0.39 is 5.60 Å². The molecule has 0 spiro atoms. The number of rotatable bonds is 6. The molecule has 0 aliphatic carbocycles. The molecule has 3 aromatic rings. The van der Waals surface area contributed by atoms with E-state index in [1.54, 1.807) is 42.9 Å². The number of nitrogens with one attached hydrogen (secondary N) is 2. The first-order valence-corrected chi connectivity index (χ1v) is 12.5. The summed E-state index contributed by atoms with van der Waals surface area (Å²) in [6.45, 7) is 11.3. The fraction of sp³-hybridized carbons (Fsp3) is 0.321. The number of carbonyl (C=O) groups is 1. The second-order valence-corrected chi connectivity index (χ2v) is 9.97. The molecule has 2 aliphatic rings. The van der Waals surface area contributed by atoms with Crippen LogP contribution >= 0.6 is 0 Å². The number of fused-ring (bicyclic) bond motifs is 2. The molecule has 0 radical (unpaired) electrons. The second kappa shape index (κ2) is 10.0. The van der Waals surface area contributed by atoms with Gasteiger partial charge in [0.1, 0.15) is 23.4 Å². The summed E-state index contributed by atoms with van der Waals surface area (Å²) in [5.41, 5.74) is 4.00. The maximum Gasteiger partial charge on any atom is 0.254 e. The van der Waals surface area contributed by atoms with Crippen molar-refractivity contribution in [3.05, 3.63) is 78.2 Å². The number of aliphatic imine (C=N–C) groups is 1. The molecule has 198 valence electrons. The van der Waals surface area contributed by atoms with E-state index in [2.05, 4.69) is 32.1 Å². The fourth-order valence-corrected chi connectivity index (χ4v) is 4.81. The lowest BCUT2D eigenvalue weighted by Gasteiger charge is -2.39. The number of aromatic nitrogens is 2. The molecule has 5 rings (SSSR count). The van der Waals surface area contributed by atoms with E-state index >= 15 is 0 Å². The number of halogens is 1. The van der Waals surface area contributed by atoms with Gasteiger partial charge in [0.05, 0.1) is 47.2 Å². The Balaban J connectivity index is 1.41. The van der Waals surface area contributed by atoms with Gasteiger partial charge in [0, 0.05) is 37.5 Å². The molecule has 0 unspecified atom stereocenters. The van der Waals surface area contributed by atoms with Gasteiger partial charge in [-0.3, -0.25) is 9.20 Å². The number of nitrogens with zero attached hydrogens (tertiary/aromatic N) is 4. The van der Waals surface area contributed by atoms with Crippen LogP contribution < -0.4 is 10.6 Å². The molecule has 2 aliphatic heterocycles. The zero-order chi connectivity index (χ0) is 27.0. The van der Waals surface area contributed by atoms with E-state index in [0.717, 1.165) is 22.5 Å². The van der Waals surface area contributed by atoms with E-state index in [0.29, 0.717) is 49.0 Å². The minimum absolute atomic E-state index is 0.176. The monoisotopic (exact) mass is 518 g/mol. The molecule has 1 fully saturated rings. The van der Waals surface area contributed by atoms with E-state index in [1.165, 1.54) is 12.1 Å². The predicted molar refractivity (Wildman–Crippen MR) is 144 cm³/mol. The molecule has 3 N–H and O–H groups in total. The lowest BCUT2D eigenvalue weighted by molar-refractivity contribution is -0.121. The van der Waals surface area contributed by atoms with Gasteiger partial charge in [-0.15, -0.1) is 0 Å². The Morgan fingerprint density at radius 2 is 2.21 bits per heavy atom. The van der Waals surface area contributed by atoms with E-state index in [4.69, 9.17) is 4.74 Å². The molecule has 38 heavy (non-hydrogen) atoms.